The average Bonchev–Trinajstić information content (AvgIpc) is 3.36. The van der Waals surface area contributed by atoms with E-state index in [1.807, 2.05) is 17.9 Å². The summed E-state index contributed by atoms with van der Waals surface area (Å²) in [6, 6.07) is 8.91. The Labute approximate surface area is 192 Å². The molecule has 1 aliphatic rings. The molecular weight excluding hydrogens is 475 g/mol. The van der Waals surface area contributed by atoms with Crippen molar-refractivity contribution in [3.63, 3.8) is 0 Å². The third-order valence-corrected chi connectivity index (χ3v) is 5.08. The van der Waals surface area contributed by atoms with E-state index in [1.54, 1.807) is 0 Å². The molecule has 2 aromatic rings. The lowest BCUT2D eigenvalue weighted by Gasteiger charge is -2.14. The predicted molar refractivity (Wildman–Crippen MR) is 131 cm³/mol. The van der Waals surface area contributed by atoms with Crippen molar-refractivity contribution in [2.75, 3.05) is 26.2 Å². The number of hydrogen-bond acceptors (Lipinski definition) is 3. The van der Waals surface area contributed by atoms with Gasteiger partial charge in [-0.1, -0.05) is 24.3 Å². The number of aliphatic imine (C=N–C) groups is 1. The summed E-state index contributed by atoms with van der Waals surface area (Å²) in [6.45, 7) is 8.11. The Hall–Kier alpha value is -1.61. The number of nitrogens with one attached hydrogen (secondary N) is 2. The van der Waals surface area contributed by atoms with Gasteiger partial charge < -0.3 is 10.6 Å². The van der Waals surface area contributed by atoms with Crippen molar-refractivity contribution in [3.8, 4) is 0 Å². The van der Waals surface area contributed by atoms with Gasteiger partial charge in [0.1, 0.15) is 0 Å². The third kappa shape index (κ3) is 8.34. The van der Waals surface area contributed by atoms with Crippen LogP contribution in [0.2, 0.25) is 0 Å². The third-order valence-electron chi connectivity index (χ3n) is 5.08. The van der Waals surface area contributed by atoms with Gasteiger partial charge in [0.25, 0.3) is 0 Å². The average molecular weight is 510 g/mol. The van der Waals surface area contributed by atoms with Gasteiger partial charge in [-0.2, -0.15) is 5.10 Å². The van der Waals surface area contributed by atoms with Crippen molar-refractivity contribution in [1.29, 1.82) is 0 Å². The van der Waals surface area contributed by atoms with Crippen LogP contribution < -0.4 is 10.6 Å². The van der Waals surface area contributed by atoms with E-state index >= 15 is 0 Å². The number of hydrogen-bond donors (Lipinski definition) is 2. The highest BCUT2D eigenvalue weighted by molar-refractivity contribution is 14.0. The van der Waals surface area contributed by atoms with Crippen LogP contribution in [0.4, 0.5) is 0 Å². The Morgan fingerprint density at radius 2 is 1.79 bits per heavy atom. The molecule has 1 aromatic heterocycles. The lowest BCUT2D eigenvalue weighted by molar-refractivity contribution is 0.331. The Bertz CT molecular complexity index is 734. The highest BCUT2D eigenvalue weighted by Gasteiger charge is 2.11. The minimum atomic E-state index is 0. The quantitative estimate of drug-likeness (QED) is 0.235. The second-order valence-electron chi connectivity index (χ2n) is 7.55. The molecule has 0 unspecified atom stereocenters. The van der Waals surface area contributed by atoms with E-state index in [0.717, 1.165) is 38.4 Å². The van der Waals surface area contributed by atoms with E-state index < -0.39 is 0 Å². The summed E-state index contributed by atoms with van der Waals surface area (Å²) < 4.78 is 1.85. The topological polar surface area (TPSA) is 57.5 Å². The Balaban J connectivity index is 0.00000300. The predicted octanol–water partition coefficient (Wildman–Crippen LogP) is 3.32. The van der Waals surface area contributed by atoms with E-state index in [2.05, 4.69) is 58.0 Å². The van der Waals surface area contributed by atoms with Gasteiger partial charge >= 0.3 is 0 Å². The number of benzene rings is 1. The summed E-state index contributed by atoms with van der Waals surface area (Å²) in [5.74, 6) is 0.884. The molecule has 1 saturated heterocycles. The maximum Gasteiger partial charge on any atom is 0.191 e. The van der Waals surface area contributed by atoms with Crippen LogP contribution in [0.15, 0.2) is 41.7 Å². The van der Waals surface area contributed by atoms with Gasteiger partial charge in [0.15, 0.2) is 5.96 Å². The standard InChI is InChI=1S/C22H34N6.HI/c1-3-23-22(24-12-6-7-21-16-26-27(2)17-21)25-15-19-8-10-20(11-9-19)18-28-13-4-5-14-28;/h8-11,16-17H,3-7,12-15,18H2,1-2H3,(H2,23,24,25);1H. The van der Waals surface area contributed by atoms with Gasteiger partial charge in [-0.3, -0.25) is 9.58 Å². The fourth-order valence-electron chi connectivity index (χ4n) is 3.56. The van der Waals surface area contributed by atoms with Crippen LogP contribution in [0.5, 0.6) is 0 Å². The number of aryl methyl sites for hydroxylation is 2. The first-order valence-electron chi connectivity index (χ1n) is 10.5. The van der Waals surface area contributed by atoms with Crippen molar-refractivity contribution in [2.45, 2.75) is 45.7 Å². The first-order valence-corrected chi connectivity index (χ1v) is 10.5. The van der Waals surface area contributed by atoms with Crippen LogP contribution >= 0.6 is 24.0 Å². The van der Waals surface area contributed by atoms with Gasteiger partial charge in [-0.15, -0.1) is 24.0 Å². The molecule has 1 aliphatic heterocycles. The summed E-state index contributed by atoms with van der Waals surface area (Å²) in [5.41, 5.74) is 3.92. The van der Waals surface area contributed by atoms with Crippen molar-refractivity contribution in [1.82, 2.24) is 25.3 Å². The van der Waals surface area contributed by atoms with Crippen molar-refractivity contribution in [3.05, 3.63) is 53.3 Å². The SMILES string of the molecule is CCNC(=NCc1ccc(CN2CCCC2)cc1)NCCCc1cnn(C)c1.I. The number of guanidine groups is 1. The molecule has 0 bridgehead atoms. The molecule has 0 amide bonds. The fourth-order valence-corrected chi connectivity index (χ4v) is 3.56. The van der Waals surface area contributed by atoms with E-state index in [9.17, 15) is 0 Å². The minimum Gasteiger partial charge on any atom is -0.357 e. The summed E-state index contributed by atoms with van der Waals surface area (Å²) in [7, 11) is 1.95. The summed E-state index contributed by atoms with van der Waals surface area (Å²) in [6.07, 6.45) is 8.78. The highest BCUT2D eigenvalue weighted by Crippen LogP contribution is 2.13. The molecule has 0 radical (unpaired) electrons. The van der Waals surface area contributed by atoms with Crippen LogP contribution in [-0.2, 0) is 26.6 Å². The summed E-state index contributed by atoms with van der Waals surface area (Å²) >= 11 is 0. The van der Waals surface area contributed by atoms with Crippen molar-refractivity contribution in [2.24, 2.45) is 12.0 Å². The smallest absolute Gasteiger partial charge is 0.191 e. The normalized spacial score (nSPS) is 14.6. The Kier molecular flexibility index (Phi) is 10.5. The number of likely N-dealkylation sites (tertiary alicyclic amines) is 1. The maximum atomic E-state index is 4.73. The number of nitrogens with zero attached hydrogens (tertiary/aromatic N) is 4. The van der Waals surface area contributed by atoms with E-state index in [0.29, 0.717) is 6.54 Å². The number of halogens is 1. The molecule has 29 heavy (non-hydrogen) atoms. The van der Waals surface area contributed by atoms with Gasteiger partial charge in [-0.05, 0) is 62.4 Å². The molecule has 2 N–H and O–H groups in total. The van der Waals surface area contributed by atoms with Crippen LogP contribution in [0.1, 0.15) is 42.9 Å². The Morgan fingerprint density at radius 3 is 2.45 bits per heavy atom. The second kappa shape index (κ2) is 12.8. The molecule has 0 spiro atoms. The van der Waals surface area contributed by atoms with E-state index in [4.69, 9.17) is 4.99 Å². The minimum absolute atomic E-state index is 0. The zero-order chi connectivity index (χ0) is 19.6. The molecule has 7 heteroatoms. The van der Waals surface area contributed by atoms with Gasteiger partial charge in [0.2, 0.25) is 0 Å². The molecule has 6 nitrogen and oxygen atoms in total. The van der Waals surface area contributed by atoms with Crippen molar-refractivity contribution >= 4 is 29.9 Å². The first-order chi connectivity index (χ1) is 13.7. The van der Waals surface area contributed by atoms with Gasteiger partial charge in [0, 0.05) is 32.9 Å². The van der Waals surface area contributed by atoms with Gasteiger partial charge in [0.05, 0.1) is 12.7 Å². The van der Waals surface area contributed by atoms with E-state index in [-0.39, 0.29) is 24.0 Å². The molecule has 0 aliphatic carbocycles. The molecule has 1 fully saturated rings. The monoisotopic (exact) mass is 510 g/mol. The van der Waals surface area contributed by atoms with Crippen LogP contribution in [0.3, 0.4) is 0 Å². The molecular formula is C22H35IN6. The lowest BCUT2D eigenvalue weighted by atomic mass is 10.1. The zero-order valence-electron chi connectivity index (χ0n) is 17.7. The van der Waals surface area contributed by atoms with Crippen molar-refractivity contribution < 1.29 is 0 Å². The van der Waals surface area contributed by atoms with Crippen LogP contribution in [-0.4, -0.2) is 46.8 Å². The van der Waals surface area contributed by atoms with Gasteiger partial charge in [-0.25, -0.2) is 4.99 Å². The summed E-state index contributed by atoms with van der Waals surface area (Å²) in [4.78, 5) is 7.27. The largest absolute Gasteiger partial charge is 0.357 e. The summed E-state index contributed by atoms with van der Waals surface area (Å²) in [5, 5.41) is 11.0. The molecule has 160 valence electrons. The second-order valence-corrected chi connectivity index (χ2v) is 7.55. The van der Waals surface area contributed by atoms with E-state index in [1.165, 1.54) is 42.6 Å². The molecule has 1 aromatic carbocycles. The van der Waals surface area contributed by atoms with Crippen LogP contribution in [0, 0.1) is 0 Å². The lowest BCUT2D eigenvalue weighted by Crippen LogP contribution is -2.37. The molecule has 3 rings (SSSR count). The molecule has 0 atom stereocenters. The molecule has 0 saturated carbocycles. The maximum absolute atomic E-state index is 4.73. The highest BCUT2D eigenvalue weighted by atomic mass is 127. The molecule has 2 heterocycles. The Morgan fingerprint density at radius 1 is 1.07 bits per heavy atom. The van der Waals surface area contributed by atoms with Crippen LogP contribution in [0.25, 0.3) is 0 Å². The number of aromatic nitrogens is 2. The first kappa shape index (κ1) is 23.7. The zero-order valence-corrected chi connectivity index (χ0v) is 20.1. The number of rotatable bonds is 9. The fraction of sp³-hybridized carbons (Fsp3) is 0.545.